The van der Waals surface area contributed by atoms with Gasteiger partial charge in [-0.2, -0.15) is 0 Å². The fourth-order valence-electron chi connectivity index (χ4n) is 3.56. The summed E-state index contributed by atoms with van der Waals surface area (Å²) in [6.07, 6.45) is 2.44. The molecule has 2 aliphatic rings. The van der Waals surface area contributed by atoms with Crippen molar-refractivity contribution in [1.82, 2.24) is 4.90 Å². The Hall–Kier alpha value is -1.26. The number of hydrogen-bond acceptors (Lipinski definition) is 2. The third-order valence-electron chi connectivity index (χ3n) is 4.50. The van der Waals surface area contributed by atoms with Crippen molar-refractivity contribution in [2.24, 2.45) is 5.92 Å². The zero-order valence-corrected chi connectivity index (χ0v) is 12.8. The van der Waals surface area contributed by atoms with Crippen LogP contribution in [-0.4, -0.2) is 34.0 Å². The van der Waals surface area contributed by atoms with Gasteiger partial charge in [-0.1, -0.05) is 29.3 Å². The molecule has 3 rings (SSSR count). The first kappa shape index (κ1) is 14.7. The number of rotatable bonds is 3. The van der Waals surface area contributed by atoms with Crippen LogP contribution < -0.4 is 0 Å². The van der Waals surface area contributed by atoms with Crippen LogP contribution in [0.5, 0.6) is 0 Å². The maximum atomic E-state index is 12.5. The van der Waals surface area contributed by atoms with Crippen molar-refractivity contribution in [1.29, 1.82) is 0 Å². The van der Waals surface area contributed by atoms with E-state index in [1.54, 1.807) is 23.1 Å². The molecule has 1 aromatic carbocycles. The minimum absolute atomic E-state index is 0.0459. The molecule has 21 heavy (non-hydrogen) atoms. The summed E-state index contributed by atoms with van der Waals surface area (Å²) in [5.74, 6) is -1.27. The summed E-state index contributed by atoms with van der Waals surface area (Å²) in [6, 6.07) is 4.97. The predicted octanol–water partition coefficient (Wildman–Crippen LogP) is 3.00. The van der Waals surface area contributed by atoms with Gasteiger partial charge in [0.05, 0.1) is 12.3 Å². The summed E-state index contributed by atoms with van der Waals surface area (Å²) in [5, 5.41) is 10.2. The molecule has 1 amide bonds. The molecule has 2 aliphatic heterocycles. The lowest BCUT2D eigenvalue weighted by atomic mass is 9.89. The summed E-state index contributed by atoms with van der Waals surface area (Å²) in [6.45, 7) is 0. The van der Waals surface area contributed by atoms with E-state index in [1.807, 2.05) is 0 Å². The van der Waals surface area contributed by atoms with E-state index in [9.17, 15) is 14.7 Å². The van der Waals surface area contributed by atoms with E-state index in [0.717, 1.165) is 18.4 Å². The first-order valence-corrected chi connectivity index (χ1v) is 7.71. The van der Waals surface area contributed by atoms with Gasteiger partial charge in [-0.3, -0.25) is 9.59 Å². The molecule has 2 saturated heterocycles. The van der Waals surface area contributed by atoms with E-state index < -0.39 is 11.9 Å². The molecule has 112 valence electrons. The van der Waals surface area contributed by atoms with Crippen LogP contribution in [0.4, 0.5) is 0 Å². The molecule has 2 bridgehead atoms. The summed E-state index contributed by atoms with van der Waals surface area (Å²) in [7, 11) is 0. The molecule has 2 fully saturated rings. The van der Waals surface area contributed by atoms with E-state index in [1.165, 1.54) is 0 Å². The summed E-state index contributed by atoms with van der Waals surface area (Å²) in [5.41, 5.74) is 0.726. The standard InChI is InChI=1S/C15H15Cl2NO3/c16-9-2-1-8(12(17)6-9)5-14(19)18-10-3-4-13(18)11(7-10)15(20)21/h1-2,6,10-11,13H,3-5,7H2,(H,20,21). The lowest BCUT2D eigenvalue weighted by Crippen LogP contribution is -2.38. The van der Waals surface area contributed by atoms with Crippen LogP contribution in [0.15, 0.2) is 18.2 Å². The van der Waals surface area contributed by atoms with E-state index in [0.29, 0.717) is 16.5 Å². The van der Waals surface area contributed by atoms with Gasteiger partial charge in [0, 0.05) is 22.1 Å². The van der Waals surface area contributed by atoms with Crippen molar-refractivity contribution in [3.63, 3.8) is 0 Å². The quantitative estimate of drug-likeness (QED) is 0.928. The number of halogens is 2. The molecular weight excluding hydrogens is 313 g/mol. The first-order chi connectivity index (χ1) is 9.97. The van der Waals surface area contributed by atoms with Crippen LogP contribution in [0.1, 0.15) is 24.8 Å². The second kappa shape index (κ2) is 5.50. The van der Waals surface area contributed by atoms with Crippen molar-refractivity contribution in [3.05, 3.63) is 33.8 Å². The summed E-state index contributed by atoms with van der Waals surface area (Å²) >= 11 is 11.9. The molecule has 0 aromatic heterocycles. The highest BCUT2D eigenvalue weighted by Crippen LogP contribution is 2.42. The Kier molecular flexibility index (Phi) is 3.84. The topological polar surface area (TPSA) is 57.6 Å². The average Bonchev–Trinajstić information content (AvgIpc) is 2.99. The Labute approximate surface area is 132 Å². The SMILES string of the molecule is O=C(O)C1CC2CCC1N2C(=O)Cc1ccc(Cl)cc1Cl. The molecule has 1 aromatic rings. The maximum absolute atomic E-state index is 12.5. The van der Waals surface area contributed by atoms with Crippen molar-refractivity contribution < 1.29 is 14.7 Å². The third kappa shape index (κ3) is 2.62. The highest BCUT2D eigenvalue weighted by molar-refractivity contribution is 6.35. The van der Waals surface area contributed by atoms with Gasteiger partial charge in [-0.15, -0.1) is 0 Å². The third-order valence-corrected chi connectivity index (χ3v) is 5.09. The zero-order chi connectivity index (χ0) is 15.1. The molecule has 0 aliphatic carbocycles. The molecule has 0 radical (unpaired) electrons. The molecule has 3 atom stereocenters. The van der Waals surface area contributed by atoms with E-state index >= 15 is 0 Å². The molecular formula is C15H15Cl2NO3. The number of carboxylic acid groups (broad SMARTS) is 1. The van der Waals surface area contributed by atoms with E-state index in [4.69, 9.17) is 23.2 Å². The Balaban J connectivity index is 1.76. The van der Waals surface area contributed by atoms with Crippen LogP contribution >= 0.6 is 23.2 Å². The number of amides is 1. The lowest BCUT2D eigenvalue weighted by molar-refractivity contribution is -0.143. The van der Waals surface area contributed by atoms with Crippen LogP contribution in [0.3, 0.4) is 0 Å². The summed E-state index contributed by atoms with van der Waals surface area (Å²) < 4.78 is 0. The Morgan fingerprint density at radius 3 is 2.67 bits per heavy atom. The van der Waals surface area contributed by atoms with E-state index in [2.05, 4.69) is 0 Å². The normalized spacial score (nSPS) is 27.1. The largest absolute Gasteiger partial charge is 0.481 e. The van der Waals surface area contributed by atoms with Gasteiger partial charge in [-0.05, 0) is 37.0 Å². The van der Waals surface area contributed by atoms with Crippen LogP contribution in [0.25, 0.3) is 0 Å². The molecule has 4 nitrogen and oxygen atoms in total. The zero-order valence-electron chi connectivity index (χ0n) is 11.3. The van der Waals surface area contributed by atoms with Crippen molar-refractivity contribution in [3.8, 4) is 0 Å². The van der Waals surface area contributed by atoms with Gasteiger partial charge < -0.3 is 10.0 Å². The molecule has 6 heteroatoms. The highest BCUT2D eigenvalue weighted by atomic mass is 35.5. The number of carbonyl (C=O) groups excluding carboxylic acids is 1. The van der Waals surface area contributed by atoms with Crippen LogP contribution in [0, 0.1) is 5.92 Å². The second-order valence-corrected chi connectivity index (χ2v) is 6.54. The van der Waals surface area contributed by atoms with Crippen molar-refractivity contribution in [2.75, 3.05) is 0 Å². The van der Waals surface area contributed by atoms with Crippen molar-refractivity contribution in [2.45, 2.75) is 37.8 Å². The molecule has 1 N–H and O–H groups in total. The number of aliphatic carboxylic acids is 1. The second-order valence-electron chi connectivity index (χ2n) is 5.69. The molecule has 2 heterocycles. The van der Waals surface area contributed by atoms with Crippen LogP contribution in [0.2, 0.25) is 10.0 Å². The van der Waals surface area contributed by atoms with Gasteiger partial charge >= 0.3 is 5.97 Å². The van der Waals surface area contributed by atoms with Crippen molar-refractivity contribution >= 4 is 35.1 Å². The number of nitrogens with zero attached hydrogens (tertiary/aromatic N) is 1. The van der Waals surface area contributed by atoms with Gasteiger partial charge in [0.15, 0.2) is 0 Å². The van der Waals surface area contributed by atoms with Gasteiger partial charge in [-0.25, -0.2) is 0 Å². The number of carbonyl (C=O) groups is 2. The number of carboxylic acids is 1. The highest BCUT2D eigenvalue weighted by Gasteiger charge is 2.51. The minimum atomic E-state index is -0.801. The lowest BCUT2D eigenvalue weighted by Gasteiger charge is -2.23. The minimum Gasteiger partial charge on any atom is -0.481 e. The fraction of sp³-hybridized carbons (Fsp3) is 0.467. The number of hydrogen-bond donors (Lipinski definition) is 1. The van der Waals surface area contributed by atoms with Gasteiger partial charge in [0.25, 0.3) is 0 Å². The van der Waals surface area contributed by atoms with E-state index in [-0.39, 0.29) is 24.4 Å². The fourth-order valence-corrected chi connectivity index (χ4v) is 4.04. The number of benzene rings is 1. The average molecular weight is 328 g/mol. The Morgan fingerprint density at radius 1 is 1.29 bits per heavy atom. The molecule has 0 spiro atoms. The monoisotopic (exact) mass is 327 g/mol. The number of fused-ring (bicyclic) bond motifs is 2. The van der Waals surface area contributed by atoms with Crippen LogP contribution in [-0.2, 0) is 16.0 Å². The Morgan fingerprint density at radius 2 is 2.05 bits per heavy atom. The predicted molar refractivity (Wildman–Crippen MR) is 79.6 cm³/mol. The van der Waals surface area contributed by atoms with Gasteiger partial charge in [0.1, 0.15) is 0 Å². The molecule has 3 unspecified atom stereocenters. The Bertz CT molecular complexity index is 605. The molecule has 0 saturated carbocycles. The summed E-state index contributed by atoms with van der Waals surface area (Å²) in [4.78, 5) is 25.5. The maximum Gasteiger partial charge on any atom is 0.308 e. The first-order valence-electron chi connectivity index (χ1n) is 6.95. The van der Waals surface area contributed by atoms with Gasteiger partial charge in [0.2, 0.25) is 5.91 Å². The smallest absolute Gasteiger partial charge is 0.308 e.